The van der Waals surface area contributed by atoms with Crippen LogP contribution in [0.15, 0.2) is 18.2 Å². The van der Waals surface area contributed by atoms with Gasteiger partial charge in [0, 0.05) is 24.6 Å². The van der Waals surface area contributed by atoms with E-state index in [4.69, 9.17) is 10.5 Å². The lowest BCUT2D eigenvalue weighted by Gasteiger charge is -2.00. The van der Waals surface area contributed by atoms with Crippen LogP contribution in [0.2, 0.25) is 0 Å². The first-order valence-corrected chi connectivity index (χ1v) is 4.70. The summed E-state index contributed by atoms with van der Waals surface area (Å²) < 4.78 is 4.88. The third-order valence-electron chi connectivity index (χ3n) is 1.88. The van der Waals surface area contributed by atoms with Crippen molar-refractivity contribution in [1.82, 2.24) is 0 Å². The SMILES string of the molecule is COc1ccc(C#CCCN)cc1[N+](=O)[O-]. The molecule has 1 aromatic carbocycles. The van der Waals surface area contributed by atoms with Crippen molar-refractivity contribution in [2.24, 2.45) is 5.73 Å². The van der Waals surface area contributed by atoms with E-state index in [0.717, 1.165) is 0 Å². The number of methoxy groups -OCH3 is 1. The molecule has 0 aromatic heterocycles. The summed E-state index contributed by atoms with van der Waals surface area (Å²) in [5, 5.41) is 10.7. The zero-order chi connectivity index (χ0) is 12.0. The molecule has 0 saturated carbocycles. The monoisotopic (exact) mass is 220 g/mol. The minimum Gasteiger partial charge on any atom is -0.490 e. The van der Waals surface area contributed by atoms with Gasteiger partial charge in [0.1, 0.15) is 0 Å². The summed E-state index contributed by atoms with van der Waals surface area (Å²) in [5.41, 5.74) is 5.79. The molecule has 0 aliphatic rings. The summed E-state index contributed by atoms with van der Waals surface area (Å²) in [4.78, 5) is 10.2. The molecule has 0 aliphatic heterocycles. The minimum atomic E-state index is -0.493. The highest BCUT2D eigenvalue weighted by atomic mass is 16.6. The molecule has 0 amide bonds. The molecule has 0 bridgehead atoms. The van der Waals surface area contributed by atoms with Crippen LogP contribution in [-0.2, 0) is 0 Å². The maximum absolute atomic E-state index is 10.7. The van der Waals surface area contributed by atoms with Crippen LogP contribution in [0.5, 0.6) is 5.75 Å². The van der Waals surface area contributed by atoms with E-state index in [0.29, 0.717) is 18.5 Å². The minimum absolute atomic E-state index is 0.0814. The third kappa shape index (κ3) is 2.97. The van der Waals surface area contributed by atoms with E-state index in [1.807, 2.05) is 0 Å². The van der Waals surface area contributed by atoms with Crippen LogP contribution in [0.1, 0.15) is 12.0 Å². The molecule has 84 valence electrons. The molecular formula is C11H12N2O3. The highest BCUT2D eigenvalue weighted by Gasteiger charge is 2.14. The molecule has 1 aromatic rings. The Hall–Kier alpha value is -2.06. The van der Waals surface area contributed by atoms with Gasteiger partial charge in [0.15, 0.2) is 5.75 Å². The van der Waals surface area contributed by atoms with Crippen LogP contribution in [0.4, 0.5) is 5.69 Å². The Morgan fingerprint density at radius 1 is 1.56 bits per heavy atom. The number of hydrogen-bond acceptors (Lipinski definition) is 4. The second-order valence-electron chi connectivity index (χ2n) is 2.98. The average Bonchev–Trinajstić information content (AvgIpc) is 2.29. The van der Waals surface area contributed by atoms with Gasteiger partial charge in [-0.1, -0.05) is 11.8 Å². The Labute approximate surface area is 93.4 Å². The molecule has 2 N–H and O–H groups in total. The highest BCUT2D eigenvalue weighted by Crippen LogP contribution is 2.26. The Morgan fingerprint density at radius 3 is 2.88 bits per heavy atom. The summed E-state index contributed by atoms with van der Waals surface area (Å²) in [6, 6.07) is 4.60. The van der Waals surface area contributed by atoms with E-state index in [2.05, 4.69) is 11.8 Å². The number of nitrogens with zero attached hydrogens (tertiary/aromatic N) is 1. The first kappa shape index (κ1) is 12.0. The summed E-state index contributed by atoms with van der Waals surface area (Å²) >= 11 is 0. The second kappa shape index (κ2) is 5.73. The molecule has 0 aliphatic carbocycles. The zero-order valence-electron chi connectivity index (χ0n) is 8.90. The van der Waals surface area contributed by atoms with E-state index in [-0.39, 0.29) is 11.4 Å². The molecule has 0 unspecified atom stereocenters. The highest BCUT2D eigenvalue weighted by molar-refractivity contribution is 5.52. The maximum atomic E-state index is 10.7. The lowest BCUT2D eigenvalue weighted by atomic mass is 10.2. The molecule has 16 heavy (non-hydrogen) atoms. The predicted molar refractivity (Wildman–Crippen MR) is 60.2 cm³/mol. The fourth-order valence-corrected chi connectivity index (χ4v) is 1.15. The van der Waals surface area contributed by atoms with Crippen molar-refractivity contribution in [1.29, 1.82) is 0 Å². The largest absolute Gasteiger partial charge is 0.490 e. The number of nitro benzene ring substituents is 1. The summed E-state index contributed by atoms with van der Waals surface area (Å²) in [5.74, 6) is 5.85. The van der Waals surface area contributed by atoms with Gasteiger partial charge in [-0.3, -0.25) is 10.1 Å². The van der Waals surface area contributed by atoms with Crippen molar-refractivity contribution in [3.8, 4) is 17.6 Å². The molecule has 0 heterocycles. The summed E-state index contributed by atoms with van der Waals surface area (Å²) in [6.45, 7) is 0.477. The van der Waals surface area contributed by atoms with E-state index in [1.54, 1.807) is 6.07 Å². The van der Waals surface area contributed by atoms with E-state index in [9.17, 15) is 10.1 Å². The fourth-order valence-electron chi connectivity index (χ4n) is 1.15. The third-order valence-corrected chi connectivity index (χ3v) is 1.88. The smallest absolute Gasteiger partial charge is 0.312 e. The Kier molecular flexibility index (Phi) is 4.30. The molecule has 0 atom stereocenters. The van der Waals surface area contributed by atoms with Gasteiger partial charge in [0.2, 0.25) is 0 Å². The molecule has 5 nitrogen and oxygen atoms in total. The number of ether oxygens (including phenoxy) is 1. The summed E-state index contributed by atoms with van der Waals surface area (Å²) in [6.07, 6.45) is 0.569. The Bertz CT molecular complexity index is 446. The molecule has 0 fully saturated rings. The zero-order valence-corrected chi connectivity index (χ0v) is 8.90. The molecule has 0 spiro atoms. The van der Waals surface area contributed by atoms with Crippen molar-refractivity contribution in [2.45, 2.75) is 6.42 Å². The van der Waals surface area contributed by atoms with E-state index >= 15 is 0 Å². The first-order chi connectivity index (χ1) is 7.69. The standard InChI is InChI=1S/C11H12N2O3/c1-16-11-6-5-9(4-2-3-7-12)8-10(11)13(14)15/h5-6,8H,3,7,12H2,1H3. The molecule has 5 heteroatoms. The van der Waals surface area contributed by atoms with Crippen molar-refractivity contribution < 1.29 is 9.66 Å². The van der Waals surface area contributed by atoms with Crippen molar-refractivity contribution in [3.63, 3.8) is 0 Å². The van der Waals surface area contributed by atoms with Crippen molar-refractivity contribution in [3.05, 3.63) is 33.9 Å². The van der Waals surface area contributed by atoms with E-state index < -0.39 is 4.92 Å². The number of nitrogens with two attached hydrogens (primary N) is 1. The van der Waals surface area contributed by atoms with Crippen LogP contribution >= 0.6 is 0 Å². The van der Waals surface area contributed by atoms with Crippen LogP contribution < -0.4 is 10.5 Å². The number of benzene rings is 1. The Morgan fingerprint density at radius 2 is 2.31 bits per heavy atom. The van der Waals surface area contributed by atoms with E-state index in [1.165, 1.54) is 19.2 Å². The molecular weight excluding hydrogens is 208 g/mol. The fraction of sp³-hybridized carbons (Fsp3) is 0.273. The maximum Gasteiger partial charge on any atom is 0.312 e. The molecule has 0 radical (unpaired) electrons. The lowest BCUT2D eigenvalue weighted by Crippen LogP contribution is -1.96. The Balaban J connectivity index is 3.04. The van der Waals surface area contributed by atoms with Crippen LogP contribution in [0, 0.1) is 22.0 Å². The first-order valence-electron chi connectivity index (χ1n) is 4.70. The average molecular weight is 220 g/mol. The van der Waals surface area contributed by atoms with Gasteiger partial charge < -0.3 is 10.5 Å². The topological polar surface area (TPSA) is 78.4 Å². The van der Waals surface area contributed by atoms with Crippen LogP contribution in [0.25, 0.3) is 0 Å². The predicted octanol–water partition coefficient (Wildman–Crippen LogP) is 1.30. The van der Waals surface area contributed by atoms with Crippen molar-refractivity contribution in [2.75, 3.05) is 13.7 Å². The van der Waals surface area contributed by atoms with Crippen LogP contribution in [0.3, 0.4) is 0 Å². The number of hydrogen-bond donors (Lipinski definition) is 1. The number of rotatable bonds is 3. The van der Waals surface area contributed by atoms with Gasteiger partial charge in [0.25, 0.3) is 0 Å². The van der Waals surface area contributed by atoms with Crippen molar-refractivity contribution >= 4 is 5.69 Å². The molecule has 0 saturated heterocycles. The van der Waals surface area contributed by atoms with Gasteiger partial charge in [-0.2, -0.15) is 0 Å². The van der Waals surface area contributed by atoms with Gasteiger partial charge in [-0.15, -0.1) is 0 Å². The normalized spacial score (nSPS) is 9.12. The molecule has 1 rings (SSSR count). The van der Waals surface area contributed by atoms with Gasteiger partial charge in [0.05, 0.1) is 12.0 Å². The lowest BCUT2D eigenvalue weighted by molar-refractivity contribution is -0.385. The van der Waals surface area contributed by atoms with Crippen LogP contribution in [-0.4, -0.2) is 18.6 Å². The quantitative estimate of drug-likeness (QED) is 0.473. The van der Waals surface area contributed by atoms with Gasteiger partial charge >= 0.3 is 5.69 Å². The number of nitro groups is 1. The van der Waals surface area contributed by atoms with Gasteiger partial charge in [-0.05, 0) is 12.1 Å². The summed E-state index contributed by atoms with van der Waals surface area (Å²) in [7, 11) is 1.39. The second-order valence-corrected chi connectivity index (χ2v) is 2.98. The van der Waals surface area contributed by atoms with Gasteiger partial charge in [-0.25, -0.2) is 0 Å².